The molecule has 4 atom stereocenters. The summed E-state index contributed by atoms with van der Waals surface area (Å²) in [5.41, 5.74) is 1.20. The molecule has 0 bridgehead atoms. The van der Waals surface area contributed by atoms with E-state index in [2.05, 4.69) is 20.8 Å². The van der Waals surface area contributed by atoms with Crippen molar-refractivity contribution in [3.05, 3.63) is 0 Å². The van der Waals surface area contributed by atoms with Gasteiger partial charge in [0.2, 0.25) is 0 Å². The first kappa shape index (κ1) is 13.7. The predicted octanol–water partition coefficient (Wildman–Crippen LogP) is 2.28. The molecule has 1 aliphatic rings. The Kier molecular flexibility index (Phi) is 5.42. The third-order valence-electron chi connectivity index (χ3n) is 3.54. The monoisotopic (exact) mass is 227 g/mol. The molecule has 0 amide bonds. The van der Waals surface area contributed by atoms with Gasteiger partial charge in [-0.15, -0.1) is 0 Å². The van der Waals surface area contributed by atoms with Crippen molar-refractivity contribution in [1.29, 1.82) is 0 Å². The van der Waals surface area contributed by atoms with Gasteiger partial charge in [-0.05, 0) is 32.1 Å². The molecular weight excluding hydrogens is 202 g/mol. The third kappa shape index (κ3) is 3.29. The number of aliphatic hydroxyl groups excluding tert-OH is 1. The maximum atomic E-state index is 9.89. The zero-order valence-corrected chi connectivity index (χ0v) is 10.9. The fourth-order valence-corrected chi connectivity index (χ4v) is 2.51. The zero-order chi connectivity index (χ0) is 12.1. The van der Waals surface area contributed by atoms with Crippen LogP contribution in [0, 0.1) is 11.8 Å². The van der Waals surface area contributed by atoms with Crippen LogP contribution in [0.2, 0.25) is 0 Å². The van der Waals surface area contributed by atoms with Crippen molar-refractivity contribution in [2.45, 2.75) is 52.2 Å². The average molecular weight is 227 g/mol. The molecule has 3 nitrogen and oxygen atoms in total. The van der Waals surface area contributed by atoms with E-state index in [4.69, 9.17) is 9.73 Å². The van der Waals surface area contributed by atoms with Gasteiger partial charge in [0.25, 0.3) is 0 Å². The van der Waals surface area contributed by atoms with Crippen LogP contribution >= 0.6 is 0 Å². The van der Waals surface area contributed by atoms with Crippen LogP contribution in [0.1, 0.15) is 40.0 Å². The van der Waals surface area contributed by atoms with Crippen molar-refractivity contribution in [2.24, 2.45) is 16.8 Å². The molecule has 16 heavy (non-hydrogen) atoms. The summed E-state index contributed by atoms with van der Waals surface area (Å²) in [6.07, 6.45) is 2.89. The van der Waals surface area contributed by atoms with E-state index in [9.17, 15) is 5.11 Å². The lowest BCUT2D eigenvalue weighted by Crippen LogP contribution is -2.37. The summed E-state index contributed by atoms with van der Waals surface area (Å²) < 4.78 is 5.11. The first-order valence-corrected chi connectivity index (χ1v) is 6.34. The van der Waals surface area contributed by atoms with Crippen LogP contribution in [-0.4, -0.2) is 36.7 Å². The second-order valence-corrected chi connectivity index (χ2v) is 4.90. The standard InChI is InChI=1S/C13H25NO2/c1-5-11-6-7-12(15)10(3)13(11)14-9(2)8-16-4/h9-12,15H,5-8H2,1-4H3. The summed E-state index contributed by atoms with van der Waals surface area (Å²) in [4.78, 5) is 4.74. The molecule has 0 aromatic carbocycles. The van der Waals surface area contributed by atoms with Crippen molar-refractivity contribution in [3.63, 3.8) is 0 Å². The lowest BCUT2D eigenvalue weighted by Gasteiger charge is -2.33. The van der Waals surface area contributed by atoms with Gasteiger partial charge in [0.15, 0.2) is 0 Å². The Hall–Kier alpha value is -0.410. The van der Waals surface area contributed by atoms with E-state index in [-0.39, 0.29) is 18.1 Å². The Labute approximate surface area is 98.9 Å². The summed E-state index contributed by atoms with van der Waals surface area (Å²) >= 11 is 0. The van der Waals surface area contributed by atoms with Crippen molar-refractivity contribution in [2.75, 3.05) is 13.7 Å². The number of aliphatic imine (C=N–C) groups is 1. The minimum atomic E-state index is -0.212. The molecule has 0 aromatic rings. The SMILES string of the molecule is CCC1CCC(O)C(C)C1=NC(C)COC. The van der Waals surface area contributed by atoms with Crippen LogP contribution in [0.25, 0.3) is 0 Å². The highest BCUT2D eigenvalue weighted by molar-refractivity contribution is 5.90. The normalized spacial score (nSPS) is 35.3. The lowest BCUT2D eigenvalue weighted by atomic mass is 9.77. The summed E-state index contributed by atoms with van der Waals surface area (Å²) in [6, 6.07) is 0.196. The van der Waals surface area contributed by atoms with E-state index >= 15 is 0 Å². The molecule has 0 saturated heterocycles. The van der Waals surface area contributed by atoms with Gasteiger partial charge in [-0.1, -0.05) is 13.8 Å². The van der Waals surface area contributed by atoms with Gasteiger partial charge in [-0.2, -0.15) is 0 Å². The topological polar surface area (TPSA) is 41.8 Å². The predicted molar refractivity (Wildman–Crippen MR) is 67.0 cm³/mol. The highest BCUT2D eigenvalue weighted by Gasteiger charge is 2.31. The molecule has 94 valence electrons. The van der Waals surface area contributed by atoms with Gasteiger partial charge in [0.1, 0.15) is 0 Å². The molecule has 1 N–H and O–H groups in total. The lowest BCUT2D eigenvalue weighted by molar-refractivity contribution is 0.113. The molecule has 1 rings (SSSR count). The van der Waals surface area contributed by atoms with Crippen LogP contribution in [0.5, 0.6) is 0 Å². The number of hydrogen-bond acceptors (Lipinski definition) is 3. The van der Waals surface area contributed by atoms with E-state index in [1.54, 1.807) is 7.11 Å². The van der Waals surface area contributed by atoms with Gasteiger partial charge in [-0.3, -0.25) is 4.99 Å². The molecule has 0 spiro atoms. The number of ether oxygens (including phenoxy) is 1. The van der Waals surface area contributed by atoms with Gasteiger partial charge < -0.3 is 9.84 Å². The fraction of sp³-hybridized carbons (Fsp3) is 0.923. The van der Waals surface area contributed by atoms with Crippen molar-refractivity contribution in [3.8, 4) is 0 Å². The first-order valence-electron chi connectivity index (χ1n) is 6.34. The molecule has 0 heterocycles. The molecule has 0 radical (unpaired) electrons. The molecule has 1 fully saturated rings. The van der Waals surface area contributed by atoms with Crippen molar-refractivity contribution >= 4 is 5.71 Å². The second kappa shape index (κ2) is 6.36. The minimum Gasteiger partial charge on any atom is -0.392 e. The summed E-state index contributed by atoms with van der Waals surface area (Å²) in [5, 5.41) is 9.89. The molecular formula is C13H25NO2. The highest BCUT2D eigenvalue weighted by Crippen LogP contribution is 2.29. The summed E-state index contributed by atoms with van der Waals surface area (Å²) in [6.45, 7) is 7.01. The smallest absolute Gasteiger partial charge is 0.0704 e. The number of methoxy groups -OCH3 is 1. The highest BCUT2D eigenvalue weighted by atomic mass is 16.5. The Morgan fingerprint density at radius 1 is 1.50 bits per heavy atom. The number of hydrogen-bond donors (Lipinski definition) is 1. The Morgan fingerprint density at radius 2 is 2.19 bits per heavy atom. The Balaban J connectivity index is 2.77. The van der Waals surface area contributed by atoms with Crippen LogP contribution in [0.15, 0.2) is 4.99 Å². The van der Waals surface area contributed by atoms with Crippen LogP contribution in [-0.2, 0) is 4.74 Å². The molecule has 0 aliphatic heterocycles. The van der Waals surface area contributed by atoms with Gasteiger partial charge in [-0.25, -0.2) is 0 Å². The summed E-state index contributed by atoms with van der Waals surface area (Å²) in [7, 11) is 1.70. The molecule has 4 unspecified atom stereocenters. The van der Waals surface area contributed by atoms with E-state index < -0.39 is 0 Å². The van der Waals surface area contributed by atoms with Crippen molar-refractivity contribution < 1.29 is 9.84 Å². The van der Waals surface area contributed by atoms with E-state index in [0.717, 1.165) is 19.3 Å². The van der Waals surface area contributed by atoms with Crippen LogP contribution < -0.4 is 0 Å². The van der Waals surface area contributed by atoms with Crippen LogP contribution in [0.3, 0.4) is 0 Å². The van der Waals surface area contributed by atoms with E-state index in [0.29, 0.717) is 12.5 Å². The maximum Gasteiger partial charge on any atom is 0.0704 e. The van der Waals surface area contributed by atoms with E-state index in [1.807, 2.05) is 0 Å². The first-order chi connectivity index (χ1) is 7.60. The molecule has 0 aromatic heterocycles. The largest absolute Gasteiger partial charge is 0.392 e. The third-order valence-corrected chi connectivity index (χ3v) is 3.54. The quantitative estimate of drug-likeness (QED) is 0.800. The van der Waals surface area contributed by atoms with Gasteiger partial charge in [0, 0.05) is 18.7 Å². The molecule has 1 saturated carbocycles. The average Bonchev–Trinajstić information content (AvgIpc) is 2.25. The second-order valence-electron chi connectivity index (χ2n) is 4.90. The number of rotatable bonds is 4. The van der Waals surface area contributed by atoms with Gasteiger partial charge >= 0.3 is 0 Å². The number of aliphatic hydroxyl groups is 1. The Bertz CT molecular complexity index is 236. The Morgan fingerprint density at radius 3 is 2.75 bits per heavy atom. The molecule has 1 aliphatic carbocycles. The van der Waals surface area contributed by atoms with Crippen molar-refractivity contribution in [1.82, 2.24) is 0 Å². The minimum absolute atomic E-state index is 0.196. The van der Waals surface area contributed by atoms with Crippen LogP contribution in [0.4, 0.5) is 0 Å². The molecule has 3 heteroatoms. The maximum absolute atomic E-state index is 9.89. The summed E-state index contributed by atoms with van der Waals surface area (Å²) in [5.74, 6) is 0.760. The van der Waals surface area contributed by atoms with Gasteiger partial charge in [0.05, 0.1) is 18.8 Å². The zero-order valence-electron chi connectivity index (χ0n) is 10.9. The fourth-order valence-electron chi connectivity index (χ4n) is 2.51. The van der Waals surface area contributed by atoms with E-state index in [1.165, 1.54) is 5.71 Å². The number of nitrogens with zero attached hydrogens (tertiary/aromatic N) is 1.